The molecule has 0 N–H and O–H groups in total. The molecule has 0 saturated carbocycles. The fourth-order valence-electron chi connectivity index (χ4n) is 4.36. The molecule has 0 saturated heterocycles. The second-order valence-electron chi connectivity index (χ2n) is 8.76. The van der Waals surface area contributed by atoms with Gasteiger partial charge in [0, 0.05) is 10.9 Å². The molecule has 0 aliphatic rings. The van der Waals surface area contributed by atoms with Gasteiger partial charge in [0.2, 0.25) is 0 Å². The van der Waals surface area contributed by atoms with Gasteiger partial charge >= 0.3 is 0 Å². The van der Waals surface area contributed by atoms with Crippen molar-refractivity contribution >= 4 is 22.4 Å². The highest BCUT2D eigenvalue weighted by atomic mass is 35.5. The summed E-state index contributed by atoms with van der Waals surface area (Å²) in [5.41, 5.74) is 2.36. The van der Waals surface area contributed by atoms with E-state index in [2.05, 4.69) is 0 Å². The van der Waals surface area contributed by atoms with Gasteiger partial charge in [-0.2, -0.15) is 0 Å². The van der Waals surface area contributed by atoms with Crippen LogP contribution in [0.1, 0.15) is 41.2 Å². The predicted molar refractivity (Wildman–Crippen MR) is 130 cm³/mol. The highest BCUT2D eigenvalue weighted by Crippen LogP contribution is 2.26. The fraction of sp³-hybridized carbons (Fsp3) is 0.241. The first-order valence-corrected chi connectivity index (χ1v) is 11.9. The molecule has 4 aromatic carbocycles. The van der Waals surface area contributed by atoms with E-state index in [1.54, 1.807) is 24.3 Å². The number of aryl methyl sites for hydroxylation is 4. The SMILES string of the molecule is CCCc1cc(F)c(CCc2ccc3c(F)c(CCc4cc(F)c(Cl)c(F)c4)ccc3c2)c(F)c1. The average molecular weight is 503 g/mol. The van der Waals surface area contributed by atoms with E-state index in [-0.39, 0.29) is 24.8 Å². The minimum absolute atomic E-state index is 0.0570. The summed E-state index contributed by atoms with van der Waals surface area (Å²) in [6.07, 6.45) is 2.56. The maximum Gasteiger partial charge on any atom is 0.145 e. The molecule has 0 aliphatic carbocycles. The smallest absolute Gasteiger partial charge is 0.145 e. The number of benzene rings is 4. The summed E-state index contributed by atoms with van der Waals surface area (Å²) in [5, 5.41) is 0.535. The number of hydrogen-bond donors (Lipinski definition) is 0. The maximum absolute atomic E-state index is 15.1. The van der Waals surface area contributed by atoms with Crippen LogP contribution in [0.4, 0.5) is 22.0 Å². The van der Waals surface area contributed by atoms with Gasteiger partial charge in [-0.25, -0.2) is 22.0 Å². The van der Waals surface area contributed by atoms with Gasteiger partial charge in [0.05, 0.1) is 0 Å². The van der Waals surface area contributed by atoms with E-state index >= 15 is 4.39 Å². The third-order valence-corrected chi connectivity index (χ3v) is 6.59. The Morgan fingerprint density at radius 3 is 1.86 bits per heavy atom. The highest BCUT2D eigenvalue weighted by Gasteiger charge is 2.14. The molecule has 0 spiro atoms. The first-order valence-electron chi connectivity index (χ1n) is 11.6. The summed E-state index contributed by atoms with van der Waals surface area (Å²) in [6, 6.07) is 13.7. The Morgan fingerprint density at radius 1 is 0.600 bits per heavy atom. The standard InChI is InChI=1S/C29H24ClF5/c1-2-3-18-13-24(31)23(25(32)14-18)11-6-17-5-10-22-21(12-17)9-8-20(29(22)35)7-4-19-15-26(33)28(30)27(34)16-19/h5,8-10,12-16H,2-4,6-7,11H2,1H3. The van der Waals surface area contributed by atoms with Crippen LogP contribution in [-0.2, 0) is 32.1 Å². The summed E-state index contributed by atoms with van der Waals surface area (Å²) < 4.78 is 71.3. The molecule has 0 radical (unpaired) electrons. The van der Waals surface area contributed by atoms with Crippen molar-refractivity contribution in [2.75, 3.05) is 0 Å². The fourth-order valence-corrected chi connectivity index (χ4v) is 4.47. The molecule has 0 heterocycles. The van der Waals surface area contributed by atoms with Crippen LogP contribution in [0.5, 0.6) is 0 Å². The molecule has 4 aromatic rings. The molecule has 6 heteroatoms. The van der Waals surface area contributed by atoms with Crippen molar-refractivity contribution in [3.8, 4) is 0 Å². The number of hydrogen-bond acceptors (Lipinski definition) is 0. The Hall–Kier alpha value is -2.92. The van der Waals surface area contributed by atoms with Crippen LogP contribution < -0.4 is 0 Å². The summed E-state index contributed by atoms with van der Waals surface area (Å²) >= 11 is 5.51. The lowest BCUT2D eigenvalue weighted by molar-refractivity contribution is 0.551. The van der Waals surface area contributed by atoms with Crippen LogP contribution in [0, 0.1) is 29.1 Å². The molecule has 182 valence electrons. The minimum Gasteiger partial charge on any atom is -0.207 e. The molecule has 0 aromatic heterocycles. The molecule has 0 aliphatic heterocycles. The number of halogens is 6. The summed E-state index contributed by atoms with van der Waals surface area (Å²) in [5.74, 6) is -3.15. The zero-order chi connectivity index (χ0) is 25.1. The first-order chi connectivity index (χ1) is 16.8. The van der Waals surface area contributed by atoms with Gasteiger partial charge in [0.15, 0.2) is 0 Å². The molecule has 0 amide bonds. The van der Waals surface area contributed by atoms with Gasteiger partial charge in [-0.1, -0.05) is 55.3 Å². The van der Waals surface area contributed by atoms with Gasteiger partial charge in [-0.05, 0) is 84.0 Å². The van der Waals surface area contributed by atoms with Crippen molar-refractivity contribution < 1.29 is 22.0 Å². The van der Waals surface area contributed by atoms with E-state index in [1.165, 1.54) is 12.1 Å². The molecule has 0 atom stereocenters. The van der Waals surface area contributed by atoms with Gasteiger partial charge in [-0.15, -0.1) is 0 Å². The third-order valence-electron chi connectivity index (χ3n) is 6.23. The molecular formula is C29H24ClF5. The van der Waals surface area contributed by atoms with Gasteiger partial charge in [-0.3, -0.25) is 0 Å². The first kappa shape index (κ1) is 25.2. The van der Waals surface area contributed by atoms with Crippen LogP contribution in [-0.4, -0.2) is 0 Å². The van der Waals surface area contributed by atoms with Crippen molar-refractivity contribution in [3.05, 3.63) is 117 Å². The zero-order valence-corrected chi connectivity index (χ0v) is 20.0. The van der Waals surface area contributed by atoms with E-state index in [0.29, 0.717) is 40.3 Å². The van der Waals surface area contributed by atoms with E-state index in [1.807, 2.05) is 13.0 Å². The van der Waals surface area contributed by atoms with E-state index in [9.17, 15) is 17.6 Å². The largest absolute Gasteiger partial charge is 0.207 e. The molecule has 0 unspecified atom stereocenters. The lowest BCUT2D eigenvalue weighted by Crippen LogP contribution is -2.01. The third kappa shape index (κ3) is 5.67. The van der Waals surface area contributed by atoms with Gasteiger partial charge in [0.25, 0.3) is 0 Å². The Morgan fingerprint density at radius 2 is 1.20 bits per heavy atom. The molecule has 0 fully saturated rings. The lowest BCUT2D eigenvalue weighted by Gasteiger charge is -2.11. The Balaban J connectivity index is 1.48. The van der Waals surface area contributed by atoms with Gasteiger partial charge in [0.1, 0.15) is 34.1 Å². The van der Waals surface area contributed by atoms with Crippen LogP contribution in [0.2, 0.25) is 5.02 Å². The van der Waals surface area contributed by atoms with Crippen molar-refractivity contribution in [1.82, 2.24) is 0 Å². The van der Waals surface area contributed by atoms with Gasteiger partial charge < -0.3 is 0 Å². The Labute approximate surface area is 206 Å². The van der Waals surface area contributed by atoms with Crippen LogP contribution in [0.3, 0.4) is 0 Å². The van der Waals surface area contributed by atoms with Crippen molar-refractivity contribution in [1.29, 1.82) is 0 Å². The summed E-state index contributed by atoms with van der Waals surface area (Å²) in [4.78, 5) is 0. The van der Waals surface area contributed by atoms with Crippen molar-refractivity contribution in [2.45, 2.75) is 45.4 Å². The van der Waals surface area contributed by atoms with Crippen LogP contribution in [0.25, 0.3) is 10.8 Å². The van der Waals surface area contributed by atoms with Crippen LogP contribution in [0.15, 0.2) is 54.6 Å². The minimum atomic E-state index is -0.843. The van der Waals surface area contributed by atoms with E-state index in [4.69, 9.17) is 11.6 Å². The normalized spacial score (nSPS) is 11.4. The second kappa shape index (κ2) is 10.8. The predicted octanol–water partition coefficient (Wildman–Crippen LogP) is 8.71. The summed E-state index contributed by atoms with van der Waals surface area (Å²) in [6.45, 7) is 1.96. The summed E-state index contributed by atoms with van der Waals surface area (Å²) in [7, 11) is 0. The highest BCUT2D eigenvalue weighted by molar-refractivity contribution is 6.30. The number of rotatable bonds is 8. The topological polar surface area (TPSA) is 0 Å². The number of fused-ring (bicyclic) bond motifs is 1. The Kier molecular flexibility index (Phi) is 7.75. The lowest BCUT2D eigenvalue weighted by atomic mass is 9.96. The molecular weight excluding hydrogens is 479 g/mol. The average Bonchev–Trinajstić information content (AvgIpc) is 2.81. The van der Waals surface area contributed by atoms with Crippen molar-refractivity contribution in [2.24, 2.45) is 0 Å². The van der Waals surface area contributed by atoms with E-state index < -0.39 is 34.1 Å². The maximum atomic E-state index is 15.1. The monoisotopic (exact) mass is 502 g/mol. The Bertz CT molecular complexity index is 1330. The van der Waals surface area contributed by atoms with Crippen molar-refractivity contribution in [3.63, 3.8) is 0 Å². The second-order valence-corrected chi connectivity index (χ2v) is 9.13. The molecule has 35 heavy (non-hydrogen) atoms. The molecule has 0 nitrogen and oxygen atoms in total. The molecule has 0 bridgehead atoms. The van der Waals surface area contributed by atoms with Crippen LogP contribution >= 0.6 is 11.6 Å². The zero-order valence-electron chi connectivity index (χ0n) is 19.2. The molecule has 4 rings (SSSR count). The van der Waals surface area contributed by atoms with E-state index in [0.717, 1.165) is 24.1 Å². The quantitative estimate of drug-likeness (QED) is 0.167.